The minimum atomic E-state index is -0.223. The lowest BCUT2D eigenvalue weighted by molar-refractivity contribution is 0.0764. The Morgan fingerprint density at radius 1 is 1.16 bits per heavy atom. The number of aromatic nitrogens is 3. The number of halogens is 2. The number of nitrogens with zero attached hydrogens (tertiary/aromatic N) is 4. The molecule has 3 heterocycles. The molecule has 0 spiro atoms. The maximum atomic E-state index is 13.0. The van der Waals surface area contributed by atoms with Crippen molar-refractivity contribution in [3.05, 3.63) is 76.4 Å². The summed E-state index contributed by atoms with van der Waals surface area (Å²) in [4.78, 5) is 27.0. The van der Waals surface area contributed by atoms with Crippen LogP contribution < -0.4 is 10.5 Å². The van der Waals surface area contributed by atoms with Crippen LogP contribution in [0.1, 0.15) is 28.9 Å². The Labute approximate surface area is 190 Å². The number of hydrogen-bond acceptors (Lipinski definition) is 6. The van der Waals surface area contributed by atoms with Gasteiger partial charge in [0, 0.05) is 37.2 Å². The summed E-state index contributed by atoms with van der Waals surface area (Å²) >= 11 is 12.4. The molecule has 0 radical (unpaired) electrons. The largest absolute Gasteiger partial charge is 0.474 e. The fraction of sp³-hybridized carbons (Fsp3) is 0.273. The van der Waals surface area contributed by atoms with Gasteiger partial charge in [0.25, 0.3) is 5.91 Å². The van der Waals surface area contributed by atoms with Crippen molar-refractivity contribution in [1.29, 1.82) is 0 Å². The number of rotatable bonds is 5. The van der Waals surface area contributed by atoms with Gasteiger partial charge < -0.3 is 15.4 Å². The second-order valence-corrected chi connectivity index (χ2v) is 8.32. The normalized spacial score (nSPS) is 19.3. The number of nitrogen functional groups attached to an aromatic ring is 1. The van der Waals surface area contributed by atoms with Crippen molar-refractivity contribution in [2.24, 2.45) is 5.92 Å². The van der Waals surface area contributed by atoms with E-state index in [1.165, 1.54) is 6.33 Å². The second kappa shape index (κ2) is 9.08. The zero-order chi connectivity index (χ0) is 22.0. The fourth-order valence-electron chi connectivity index (χ4n) is 3.88. The van der Waals surface area contributed by atoms with Crippen molar-refractivity contribution in [2.75, 3.05) is 18.8 Å². The maximum Gasteiger partial charge on any atom is 0.272 e. The Kier molecular flexibility index (Phi) is 6.25. The van der Waals surface area contributed by atoms with Crippen molar-refractivity contribution in [1.82, 2.24) is 19.9 Å². The molecule has 1 aliphatic heterocycles. The van der Waals surface area contributed by atoms with E-state index in [4.69, 9.17) is 33.7 Å². The van der Waals surface area contributed by atoms with Crippen LogP contribution in [0.4, 0.5) is 5.69 Å². The molecule has 2 aromatic heterocycles. The lowest BCUT2D eigenvalue weighted by atomic mass is 9.86. The molecule has 2 N–H and O–H groups in total. The van der Waals surface area contributed by atoms with E-state index < -0.39 is 0 Å². The van der Waals surface area contributed by atoms with Gasteiger partial charge in [-0.15, -0.1) is 0 Å². The first-order valence-electron chi connectivity index (χ1n) is 9.81. The third-order valence-electron chi connectivity index (χ3n) is 5.49. The van der Waals surface area contributed by atoms with Gasteiger partial charge >= 0.3 is 0 Å². The summed E-state index contributed by atoms with van der Waals surface area (Å²) in [6.07, 6.45) is 4.26. The first-order valence-corrected chi connectivity index (χ1v) is 10.6. The Morgan fingerprint density at radius 3 is 2.68 bits per heavy atom. The quantitative estimate of drug-likeness (QED) is 0.619. The highest BCUT2D eigenvalue weighted by atomic mass is 35.5. The third kappa shape index (κ3) is 4.73. The molecular formula is C22H21Cl2N5O2. The van der Waals surface area contributed by atoms with E-state index in [0.29, 0.717) is 40.4 Å². The van der Waals surface area contributed by atoms with E-state index in [1.54, 1.807) is 41.6 Å². The van der Waals surface area contributed by atoms with Crippen LogP contribution in [0.5, 0.6) is 5.88 Å². The number of carbonyl (C=O) groups excluding carboxylic acids is 1. The van der Waals surface area contributed by atoms with Gasteiger partial charge in [-0.05, 0) is 36.8 Å². The van der Waals surface area contributed by atoms with E-state index in [0.717, 1.165) is 5.56 Å². The Morgan fingerprint density at radius 2 is 2.00 bits per heavy atom. The third-order valence-corrected chi connectivity index (χ3v) is 6.23. The summed E-state index contributed by atoms with van der Waals surface area (Å²) in [7, 11) is 0. The van der Waals surface area contributed by atoms with E-state index in [9.17, 15) is 4.79 Å². The lowest BCUT2D eigenvalue weighted by Gasteiger charge is -2.25. The first-order chi connectivity index (χ1) is 14.9. The molecule has 0 unspecified atom stereocenters. The van der Waals surface area contributed by atoms with Gasteiger partial charge in [-0.2, -0.15) is 0 Å². The number of nitrogens with two attached hydrogens (primary N) is 1. The summed E-state index contributed by atoms with van der Waals surface area (Å²) in [6.45, 7) is 2.99. The highest BCUT2D eigenvalue weighted by Crippen LogP contribution is 2.38. The van der Waals surface area contributed by atoms with Gasteiger partial charge in [0.05, 0.1) is 21.9 Å². The molecule has 9 heteroatoms. The van der Waals surface area contributed by atoms with Gasteiger partial charge in [-0.25, -0.2) is 15.0 Å². The summed E-state index contributed by atoms with van der Waals surface area (Å²) in [5.41, 5.74) is 7.64. The van der Waals surface area contributed by atoms with Gasteiger partial charge in [0.1, 0.15) is 18.1 Å². The van der Waals surface area contributed by atoms with E-state index in [2.05, 4.69) is 15.0 Å². The molecule has 3 aromatic rings. The predicted molar refractivity (Wildman–Crippen MR) is 119 cm³/mol. The number of likely N-dealkylation sites (tertiary alicyclic amines) is 1. The summed E-state index contributed by atoms with van der Waals surface area (Å²) in [5, 5.41) is 0.969. The summed E-state index contributed by atoms with van der Waals surface area (Å²) in [5.74, 6) is 0.342. The number of amides is 1. The van der Waals surface area contributed by atoms with Gasteiger partial charge in [0.15, 0.2) is 0 Å². The van der Waals surface area contributed by atoms with Crippen LogP contribution in [0.3, 0.4) is 0 Å². The summed E-state index contributed by atoms with van der Waals surface area (Å²) in [6, 6.07) is 10.7. The van der Waals surface area contributed by atoms with Crippen molar-refractivity contribution < 1.29 is 9.53 Å². The van der Waals surface area contributed by atoms with Crippen LogP contribution in [0, 0.1) is 5.92 Å². The van der Waals surface area contributed by atoms with E-state index >= 15 is 0 Å². The first kappa shape index (κ1) is 21.3. The zero-order valence-electron chi connectivity index (χ0n) is 16.8. The minimum Gasteiger partial charge on any atom is -0.474 e. The van der Waals surface area contributed by atoms with Crippen molar-refractivity contribution >= 4 is 34.8 Å². The standard InChI is InChI=1S/C22H21Cl2N5O2/c1-13(31-21-5-3-15(25)9-27-21)16-10-29(22(30)20-6-7-26-12-28-20)11-17(16)14-2-4-18(23)19(24)8-14/h2-9,12-13,16-17H,10-11,25H2,1H3/t13-,16+,17+/m0/s1. The lowest BCUT2D eigenvalue weighted by Crippen LogP contribution is -2.32. The molecule has 31 heavy (non-hydrogen) atoms. The smallest absolute Gasteiger partial charge is 0.272 e. The van der Waals surface area contributed by atoms with Crippen LogP contribution >= 0.6 is 23.2 Å². The number of benzene rings is 1. The number of anilines is 1. The van der Waals surface area contributed by atoms with Crippen molar-refractivity contribution in [3.63, 3.8) is 0 Å². The average Bonchev–Trinajstić information content (AvgIpc) is 3.23. The van der Waals surface area contributed by atoms with Crippen molar-refractivity contribution in [2.45, 2.75) is 18.9 Å². The highest BCUT2D eigenvalue weighted by Gasteiger charge is 2.40. The molecule has 0 saturated carbocycles. The number of ether oxygens (including phenoxy) is 1. The van der Waals surface area contributed by atoms with Crippen molar-refractivity contribution in [3.8, 4) is 5.88 Å². The van der Waals surface area contributed by atoms with E-state index in [1.807, 2.05) is 19.1 Å². The van der Waals surface area contributed by atoms with Gasteiger partial charge in [0.2, 0.25) is 5.88 Å². The molecule has 160 valence electrons. The van der Waals surface area contributed by atoms with Crippen LogP contribution in [0.25, 0.3) is 0 Å². The molecule has 1 amide bonds. The SMILES string of the molecule is C[C@H](Oc1ccc(N)cn1)[C@H]1CN(C(=O)c2ccncn2)C[C@@H]1c1ccc(Cl)c(Cl)c1. The molecule has 1 aromatic carbocycles. The molecule has 7 nitrogen and oxygen atoms in total. The van der Waals surface area contributed by atoms with E-state index in [-0.39, 0.29) is 23.8 Å². The molecule has 1 aliphatic rings. The second-order valence-electron chi connectivity index (χ2n) is 7.50. The predicted octanol–water partition coefficient (Wildman–Crippen LogP) is 4.08. The number of pyridine rings is 1. The topological polar surface area (TPSA) is 94.2 Å². The maximum absolute atomic E-state index is 13.0. The molecule has 3 atom stereocenters. The van der Waals surface area contributed by atoms with Crippen LogP contribution in [-0.2, 0) is 0 Å². The zero-order valence-corrected chi connectivity index (χ0v) is 18.3. The Balaban J connectivity index is 1.61. The molecule has 1 fully saturated rings. The number of carbonyl (C=O) groups is 1. The van der Waals surface area contributed by atoms with Gasteiger partial charge in [-0.3, -0.25) is 4.79 Å². The summed E-state index contributed by atoms with van der Waals surface area (Å²) < 4.78 is 6.10. The average molecular weight is 458 g/mol. The Hall–Kier alpha value is -2.90. The molecule has 0 bridgehead atoms. The minimum absolute atomic E-state index is 0.00221. The highest BCUT2D eigenvalue weighted by molar-refractivity contribution is 6.42. The number of hydrogen-bond donors (Lipinski definition) is 1. The molecule has 1 saturated heterocycles. The van der Waals surface area contributed by atoms with Crippen LogP contribution in [0.15, 0.2) is 55.1 Å². The molecular weight excluding hydrogens is 437 g/mol. The van der Waals surface area contributed by atoms with Crippen LogP contribution in [-0.4, -0.2) is 45.0 Å². The molecule has 4 rings (SSSR count). The monoisotopic (exact) mass is 457 g/mol. The van der Waals surface area contributed by atoms with Crippen LogP contribution in [0.2, 0.25) is 10.0 Å². The Bertz CT molecular complexity index is 1070. The molecule has 0 aliphatic carbocycles. The fourth-order valence-corrected chi connectivity index (χ4v) is 4.19. The van der Waals surface area contributed by atoms with Gasteiger partial charge in [-0.1, -0.05) is 29.3 Å².